The Bertz CT molecular complexity index is 1210. The Hall–Kier alpha value is -3.99. The number of esters is 1. The SMILES string of the molecule is CCOC(=O)c1[nH]c2cc(OC)c(OC)cc2c1NC(=O)CN1CCN(C(=O)c2ccco2)CC1. The fourth-order valence-corrected chi connectivity index (χ4v) is 4.05. The number of nitrogens with zero attached hydrogens (tertiary/aromatic N) is 2. The molecular weight excluding hydrogens is 456 g/mol. The fraction of sp³-hybridized carbons (Fsp3) is 0.375. The molecule has 0 saturated carbocycles. The Morgan fingerprint density at radius 1 is 1.09 bits per heavy atom. The number of carbonyl (C=O) groups excluding carboxylic acids is 3. The summed E-state index contributed by atoms with van der Waals surface area (Å²) in [4.78, 5) is 44.7. The van der Waals surface area contributed by atoms with Crippen LogP contribution < -0.4 is 14.8 Å². The smallest absolute Gasteiger partial charge is 0.356 e. The number of rotatable bonds is 8. The molecule has 3 aromatic rings. The number of aromatic nitrogens is 1. The molecule has 11 heteroatoms. The third-order valence-electron chi connectivity index (χ3n) is 5.81. The van der Waals surface area contributed by atoms with Crippen LogP contribution in [0.15, 0.2) is 34.9 Å². The molecule has 1 saturated heterocycles. The number of nitrogens with one attached hydrogen (secondary N) is 2. The zero-order chi connectivity index (χ0) is 24.9. The molecule has 2 amide bonds. The fourth-order valence-electron chi connectivity index (χ4n) is 4.05. The van der Waals surface area contributed by atoms with Crippen LogP contribution in [0.25, 0.3) is 10.9 Å². The predicted molar refractivity (Wildman–Crippen MR) is 127 cm³/mol. The van der Waals surface area contributed by atoms with Gasteiger partial charge in [-0.1, -0.05) is 0 Å². The number of ether oxygens (including phenoxy) is 3. The van der Waals surface area contributed by atoms with Crippen LogP contribution in [0.1, 0.15) is 28.0 Å². The van der Waals surface area contributed by atoms with Crippen molar-refractivity contribution >= 4 is 34.4 Å². The number of H-pyrrole nitrogens is 1. The van der Waals surface area contributed by atoms with E-state index in [0.717, 1.165) is 0 Å². The van der Waals surface area contributed by atoms with Crippen molar-refractivity contribution in [2.75, 3.05) is 58.9 Å². The maximum Gasteiger partial charge on any atom is 0.356 e. The van der Waals surface area contributed by atoms with E-state index < -0.39 is 5.97 Å². The monoisotopic (exact) mass is 484 g/mol. The van der Waals surface area contributed by atoms with Gasteiger partial charge >= 0.3 is 5.97 Å². The third kappa shape index (κ3) is 5.09. The van der Waals surface area contributed by atoms with Gasteiger partial charge in [0.25, 0.3) is 5.91 Å². The second-order valence-corrected chi connectivity index (χ2v) is 7.94. The van der Waals surface area contributed by atoms with Gasteiger partial charge in [0, 0.05) is 37.6 Å². The number of methoxy groups -OCH3 is 2. The molecule has 2 aromatic heterocycles. The third-order valence-corrected chi connectivity index (χ3v) is 5.81. The standard InChI is InChI=1S/C24H28N4O7/c1-4-34-24(31)22-21(15-12-18(32-2)19(33-3)13-16(15)25-22)26-20(29)14-27-7-9-28(10-8-27)23(30)17-6-5-11-35-17/h5-6,11-13,25H,4,7-10,14H2,1-3H3,(H,26,29). The number of anilines is 1. The van der Waals surface area contributed by atoms with E-state index in [0.29, 0.717) is 60.0 Å². The van der Waals surface area contributed by atoms with Crippen LogP contribution in [0.2, 0.25) is 0 Å². The van der Waals surface area contributed by atoms with Gasteiger partial charge in [-0.15, -0.1) is 0 Å². The van der Waals surface area contributed by atoms with E-state index in [1.807, 2.05) is 4.90 Å². The quantitative estimate of drug-likeness (QED) is 0.467. The molecule has 3 heterocycles. The highest BCUT2D eigenvalue weighted by molar-refractivity contribution is 6.11. The van der Waals surface area contributed by atoms with Crippen LogP contribution >= 0.6 is 0 Å². The lowest BCUT2D eigenvalue weighted by atomic mass is 10.2. The van der Waals surface area contributed by atoms with Gasteiger partial charge in [0.2, 0.25) is 5.91 Å². The van der Waals surface area contributed by atoms with Crippen molar-refractivity contribution in [1.29, 1.82) is 0 Å². The van der Waals surface area contributed by atoms with Crippen molar-refractivity contribution in [1.82, 2.24) is 14.8 Å². The maximum atomic E-state index is 13.0. The average Bonchev–Trinajstić information content (AvgIpc) is 3.52. The Morgan fingerprint density at radius 2 is 1.80 bits per heavy atom. The molecule has 11 nitrogen and oxygen atoms in total. The van der Waals surface area contributed by atoms with Crippen molar-refractivity contribution in [3.63, 3.8) is 0 Å². The van der Waals surface area contributed by atoms with E-state index in [4.69, 9.17) is 18.6 Å². The van der Waals surface area contributed by atoms with Crippen molar-refractivity contribution in [2.45, 2.75) is 6.92 Å². The minimum Gasteiger partial charge on any atom is -0.493 e. The lowest BCUT2D eigenvalue weighted by Crippen LogP contribution is -2.50. The average molecular weight is 485 g/mol. The summed E-state index contributed by atoms with van der Waals surface area (Å²) in [5.41, 5.74) is 1.04. The highest BCUT2D eigenvalue weighted by atomic mass is 16.5. The summed E-state index contributed by atoms with van der Waals surface area (Å²) in [6, 6.07) is 6.70. The van der Waals surface area contributed by atoms with E-state index in [-0.39, 0.29) is 30.7 Å². The first-order chi connectivity index (χ1) is 16.9. The number of amides is 2. The predicted octanol–water partition coefficient (Wildman–Crippen LogP) is 2.35. The molecule has 1 aliphatic rings. The number of aromatic amines is 1. The van der Waals surface area contributed by atoms with Crippen molar-refractivity contribution < 1.29 is 33.0 Å². The van der Waals surface area contributed by atoms with Crippen molar-refractivity contribution in [3.05, 3.63) is 42.0 Å². The minimum absolute atomic E-state index is 0.102. The van der Waals surface area contributed by atoms with Gasteiger partial charge in [-0.25, -0.2) is 4.79 Å². The maximum absolute atomic E-state index is 13.0. The molecule has 0 spiro atoms. The normalized spacial score (nSPS) is 14.1. The van der Waals surface area contributed by atoms with E-state index in [1.54, 1.807) is 36.1 Å². The Balaban J connectivity index is 1.48. The van der Waals surface area contributed by atoms with Crippen molar-refractivity contribution in [3.8, 4) is 11.5 Å². The molecule has 4 rings (SSSR count). The first-order valence-corrected chi connectivity index (χ1v) is 11.2. The summed E-state index contributed by atoms with van der Waals surface area (Å²) in [6.07, 6.45) is 1.47. The molecule has 2 N–H and O–H groups in total. The Labute approximate surface area is 201 Å². The number of benzene rings is 1. The highest BCUT2D eigenvalue weighted by Gasteiger charge is 2.26. The van der Waals surface area contributed by atoms with E-state index in [1.165, 1.54) is 20.5 Å². The molecular formula is C24H28N4O7. The summed E-state index contributed by atoms with van der Waals surface area (Å²) >= 11 is 0. The zero-order valence-electron chi connectivity index (χ0n) is 19.9. The molecule has 186 valence electrons. The number of carbonyl (C=O) groups is 3. The lowest BCUT2D eigenvalue weighted by molar-refractivity contribution is -0.117. The summed E-state index contributed by atoms with van der Waals surface area (Å²) in [6.45, 7) is 4.02. The second-order valence-electron chi connectivity index (χ2n) is 7.94. The van der Waals surface area contributed by atoms with Gasteiger partial charge in [0.15, 0.2) is 17.3 Å². The van der Waals surface area contributed by atoms with Gasteiger partial charge in [0.05, 0.1) is 44.8 Å². The molecule has 1 fully saturated rings. The number of hydrogen-bond acceptors (Lipinski definition) is 8. The van der Waals surface area contributed by atoms with Crippen LogP contribution in [-0.2, 0) is 9.53 Å². The van der Waals surface area contributed by atoms with Crippen LogP contribution in [0.5, 0.6) is 11.5 Å². The van der Waals surface area contributed by atoms with Crippen LogP contribution in [0.4, 0.5) is 5.69 Å². The van der Waals surface area contributed by atoms with Gasteiger partial charge in [-0.2, -0.15) is 0 Å². The zero-order valence-corrected chi connectivity index (χ0v) is 19.9. The van der Waals surface area contributed by atoms with Gasteiger partial charge < -0.3 is 33.8 Å². The molecule has 0 unspecified atom stereocenters. The molecule has 35 heavy (non-hydrogen) atoms. The number of fused-ring (bicyclic) bond motifs is 1. The molecule has 1 aromatic carbocycles. The number of piperazine rings is 1. The van der Waals surface area contributed by atoms with Crippen LogP contribution in [0.3, 0.4) is 0 Å². The summed E-state index contributed by atoms with van der Waals surface area (Å²) in [5.74, 6) is 0.202. The van der Waals surface area contributed by atoms with Gasteiger partial charge in [-0.05, 0) is 25.1 Å². The topological polar surface area (TPSA) is 126 Å². The summed E-state index contributed by atoms with van der Waals surface area (Å²) < 4.78 is 21.1. The van der Waals surface area contributed by atoms with Gasteiger partial charge in [0.1, 0.15) is 5.69 Å². The van der Waals surface area contributed by atoms with Crippen LogP contribution in [-0.4, -0.2) is 86.1 Å². The largest absolute Gasteiger partial charge is 0.493 e. The molecule has 1 aliphatic heterocycles. The first kappa shape index (κ1) is 24.1. The second kappa shape index (κ2) is 10.5. The van der Waals surface area contributed by atoms with Crippen LogP contribution in [0, 0.1) is 0 Å². The highest BCUT2D eigenvalue weighted by Crippen LogP contribution is 2.37. The lowest BCUT2D eigenvalue weighted by Gasteiger charge is -2.33. The summed E-state index contributed by atoms with van der Waals surface area (Å²) in [5, 5.41) is 3.45. The van der Waals surface area contributed by atoms with Crippen molar-refractivity contribution in [2.24, 2.45) is 0 Å². The molecule has 0 bridgehead atoms. The Morgan fingerprint density at radius 3 is 2.43 bits per heavy atom. The minimum atomic E-state index is -0.581. The van der Waals surface area contributed by atoms with Gasteiger partial charge in [-0.3, -0.25) is 14.5 Å². The number of furan rings is 1. The molecule has 0 atom stereocenters. The molecule has 0 aliphatic carbocycles. The summed E-state index contributed by atoms with van der Waals surface area (Å²) in [7, 11) is 3.03. The Kier molecular flexibility index (Phi) is 7.25. The van der Waals surface area contributed by atoms with E-state index >= 15 is 0 Å². The first-order valence-electron chi connectivity index (χ1n) is 11.2. The number of hydrogen-bond donors (Lipinski definition) is 2. The van der Waals surface area contributed by atoms with E-state index in [9.17, 15) is 14.4 Å². The molecule has 0 radical (unpaired) electrons. The van der Waals surface area contributed by atoms with E-state index in [2.05, 4.69) is 10.3 Å².